The summed E-state index contributed by atoms with van der Waals surface area (Å²) in [5, 5.41) is 8.96. The fourth-order valence-corrected chi connectivity index (χ4v) is 1.60. The highest BCUT2D eigenvalue weighted by Gasteiger charge is 2.21. The van der Waals surface area contributed by atoms with Crippen molar-refractivity contribution < 1.29 is 9.84 Å². The van der Waals surface area contributed by atoms with Crippen LogP contribution in [-0.4, -0.2) is 31.5 Å². The minimum Gasteiger partial charge on any atom is -0.396 e. The van der Waals surface area contributed by atoms with E-state index < -0.39 is 0 Å². The third kappa shape index (κ3) is 2.43. The summed E-state index contributed by atoms with van der Waals surface area (Å²) in [5.41, 5.74) is 5.51. The number of hydrogen-bond donors (Lipinski definition) is 2. The maximum atomic E-state index is 8.96. The van der Waals surface area contributed by atoms with Crippen LogP contribution >= 0.6 is 0 Å². The first-order valence-corrected chi connectivity index (χ1v) is 4.27. The third-order valence-electron chi connectivity index (χ3n) is 2.47. The van der Waals surface area contributed by atoms with E-state index in [1.165, 1.54) is 0 Å². The van der Waals surface area contributed by atoms with Crippen molar-refractivity contribution in [3.63, 3.8) is 0 Å². The molecule has 1 fully saturated rings. The van der Waals surface area contributed by atoms with Crippen molar-refractivity contribution in [1.29, 1.82) is 0 Å². The molecule has 0 saturated carbocycles. The quantitative estimate of drug-likeness (QED) is 0.608. The summed E-state index contributed by atoms with van der Waals surface area (Å²) < 4.78 is 5.22. The molecular weight excluding hydrogens is 142 g/mol. The highest BCUT2D eigenvalue weighted by molar-refractivity contribution is 4.72. The van der Waals surface area contributed by atoms with Gasteiger partial charge in [-0.1, -0.05) is 0 Å². The lowest BCUT2D eigenvalue weighted by Gasteiger charge is -2.27. The molecule has 3 heteroatoms. The van der Waals surface area contributed by atoms with Gasteiger partial charge in [0, 0.05) is 19.8 Å². The van der Waals surface area contributed by atoms with Crippen molar-refractivity contribution in [3.05, 3.63) is 0 Å². The van der Waals surface area contributed by atoms with Crippen LogP contribution in [0, 0.1) is 11.8 Å². The summed E-state index contributed by atoms with van der Waals surface area (Å²) in [5.74, 6) is 0.873. The lowest BCUT2D eigenvalue weighted by Crippen LogP contribution is -2.31. The minimum absolute atomic E-state index is 0.223. The first-order valence-electron chi connectivity index (χ1n) is 4.27. The highest BCUT2D eigenvalue weighted by atomic mass is 16.5. The normalized spacial score (nSPS) is 23.5. The number of hydrogen-bond acceptors (Lipinski definition) is 3. The maximum absolute atomic E-state index is 8.96. The highest BCUT2D eigenvalue weighted by Crippen LogP contribution is 2.22. The van der Waals surface area contributed by atoms with E-state index in [1.807, 2.05) is 0 Å². The lowest BCUT2D eigenvalue weighted by atomic mass is 9.87. The van der Waals surface area contributed by atoms with Crippen LogP contribution in [0.1, 0.15) is 12.8 Å². The molecule has 1 aliphatic rings. The SMILES string of the molecule is NCC(CO)C1CCOCC1. The molecule has 3 N–H and O–H groups in total. The van der Waals surface area contributed by atoms with E-state index in [9.17, 15) is 0 Å². The number of ether oxygens (including phenoxy) is 1. The van der Waals surface area contributed by atoms with Crippen molar-refractivity contribution in [2.24, 2.45) is 17.6 Å². The molecule has 0 aromatic carbocycles. The van der Waals surface area contributed by atoms with E-state index in [4.69, 9.17) is 15.6 Å². The van der Waals surface area contributed by atoms with Crippen molar-refractivity contribution in [2.45, 2.75) is 12.8 Å². The molecule has 0 amide bonds. The Morgan fingerprint density at radius 2 is 2.09 bits per heavy atom. The molecule has 0 aliphatic carbocycles. The third-order valence-corrected chi connectivity index (χ3v) is 2.47. The number of rotatable bonds is 3. The van der Waals surface area contributed by atoms with Crippen LogP contribution in [0.4, 0.5) is 0 Å². The molecule has 1 rings (SSSR count). The van der Waals surface area contributed by atoms with E-state index >= 15 is 0 Å². The molecule has 1 aliphatic heterocycles. The summed E-state index contributed by atoms with van der Waals surface area (Å²) in [7, 11) is 0. The fourth-order valence-electron chi connectivity index (χ4n) is 1.60. The van der Waals surface area contributed by atoms with E-state index in [1.54, 1.807) is 0 Å². The van der Waals surface area contributed by atoms with E-state index in [-0.39, 0.29) is 6.61 Å². The summed E-state index contributed by atoms with van der Waals surface area (Å²) in [4.78, 5) is 0. The first kappa shape index (κ1) is 8.97. The summed E-state index contributed by atoms with van der Waals surface area (Å²) in [6, 6.07) is 0. The zero-order valence-corrected chi connectivity index (χ0v) is 6.83. The monoisotopic (exact) mass is 159 g/mol. The van der Waals surface area contributed by atoms with Gasteiger partial charge in [0.15, 0.2) is 0 Å². The van der Waals surface area contributed by atoms with Crippen molar-refractivity contribution in [1.82, 2.24) is 0 Å². The van der Waals surface area contributed by atoms with Crippen molar-refractivity contribution >= 4 is 0 Å². The van der Waals surface area contributed by atoms with E-state index in [0.717, 1.165) is 26.1 Å². The van der Waals surface area contributed by atoms with Gasteiger partial charge in [-0.25, -0.2) is 0 Å². The molecule has 0 aromatic rings. The lowest BCUT2D eigenvalue weighted by molar-refractivity contribution is 0.0354. The Morgan fingerprint density at radius 3 is 2.55 bits per heavy atom. The molecule has 0 aromatic heterocycles. The van der Waals surface area contributed by atoms with Gasteiger partial charge in [-0.05, 0) is 31.2 Å². The Kier molecular flexibility index (Phi) is 3.83. The van der Waals surface area contributed by atoms with Gasteiger partial charge in [-0.2, -0.15) is 0 Å². The van der Waals surface area contributed by atoms with E-state index in [2.05, 4.69) is 0 Å². The van der Waals surface area contributed by atoms with Crippen LogP contribution in [0.5, 0.6) is 0 Å². The van der Waals surface area contributed by atoms with Crippen LogP contribution in [0.2, 0.25) is 0 Å². The Hall–Kier alpha value is -0.120. The van der Waals surface area contributed by atoms with Crippen LogP contribution in [0.3, 0.4) is 0 Å². The fraction of sp³-hybridized carbons (Fsp3) is 1.00. The average Bonchev–Trinajstić information content (AvgIpc) is 2.09. The molecule has 11 heavy (non-hydrogen) atoms. The average molecular weight is 159 g/mol. The Morgan fingerprint density at radius 1 is 1.45 bits per heavy atom. The maximum Gasteiger partial charge on any atom is 0.0474 e. The second kappa shape index (κ2) is 4.70. The van der Waals surface area contributed by atoms with Crippen LogP contribution < -0.4 is 5.73 Å². The standard InChI is InChI=1S/C8H17NO2/c9-5-8(6-10)7-1-3-11-4-2-7/h7-8,10H,1-6,9H2. The predicted molar refractivity (Wildman–Crippen MR) is 43.2 cm³/mol. The van der Waals surface area contributed by atoms with Gasteiger partial charge < -0.3 is 15.6 Å². The summed E-state index contributed by atoms with van der Waals surface area (Å²) in [6.45, 7) is 2.49. The number of nitrogens with two attached hydrogens (primary N) is 1. The number of aliphatic hydroxyl groups excluding tert-OH is 1. The molecule has 66 valence electrons. The van der Waals surface area contributed by atoms with Gasteiger partial charge in [-0.15, -0.1) is 0 Å². The van der Waals surface area contributed by atoms with Gasteiger partial charge in [0.2, 0.25) is 0 Å². The Bertz CT molecular complexity index is 98.3. The van der Waals surface area contributed by atoms with Gasteiger partial charge in [0.05, 0.1) is 0 Å². The molecule has 0 spiro atoms. The Labute approximate surface area is 67.5 Å². The van der Waals surface area contributed by atoms with Crippen molar-refractivity contribution in [3.8, 4) is 0 Å². The van der Waals surface area contributed by atoms with Gasteiger partial charge >= 0.3 is 0 Å². The van der Waals surface area contributed by atoms with Crippen LogP contribution in [0.25, 0.3) is 0 Å². The summed E-state index contributed by atoms with van der Waals surface area (Å²) >= 11 is 0. The second-order valence-electron chi connectivity index (χ2n) is 3.13. The molecule has 0 bridgehead atoms. The van der Waals surface area contributed by atoms with E-state index in [0.29, 0.717) is 18.4 Å². The van der Waals surface area contributed by atoms with Crippen LogP contribution in [0.15, 0.2) is 0 Å². The van der Waals surface area contributed by atoms with Gasteiger partial charge in [0.25, 0.3) is 0 Å². The first-order chi connectivity index (χ1) is 5.38. The molecule has 3 nitrogen and oxygen atoms in total. The minimum atomic E-state index is 0.223. The van der Waals surface area contributed by atoms with Gasteiger partial charge in [-0.3, -0.25) is 0 Å². The molecule has 1 saturated heterocycles. The summed E-state index contributed by atoms with van der Waals surface area (Å²) in [6.07, 6.45) is 2.12. The topological polar surface area (TPSA) is 55.5 Å². The molecule has 1 heterocycles. The Balaban J connectivity index is 2.30. The molecule has 1 atom stereocenters. The smallest absolute Gasteiger partial charge is 0.0474 e. The largest absolute Gasteiger partial charge is 0.396 e. The van der Waals surface area contributed by atoms with Crippen LogP contribution in [-0.2, 0) is 4.74 Å². The van der Waals surface area contributed by atoms with Gasteiger partial charge in [0.1, 0.15) is 0 Å². The zero-order chi connectivity index (χ0) is 8.10. The molecular formula is C8H17NO2. The number of aliphatic hydroxyl groups is 1. The zero-order valence-electron chi connectivity index (χ0n) is 6.83. The molecule has 0 radical (unpaired) electrons. The van der Waals surface area contributed by atoms with Crippen molar-refractivity contribution in [2.75, 3.05) is 26.4 Å². The molecule has 1 unspecified atom stereocenters. The predicted octanol–water partition coefficient (Wildman–Crippen LogP) is -0.0198. The second-order valence-corrected chi connectivity index (χ2v) is 3.13.